The molecule has 138 valence electrons. The molecule has 2 aromatic carbocycles. The van der Waals surface area contributed by atoms with Gasteiger partial charge in [0, 0.05) is 5.69 Å². The fraction of sp³-hybridized carbons (Fsp3) is 0.222. The summed E-state index contributed by atoms with van der Waals surface area (Å²) in [5, 5.41) is 4.49. The summed E-state index contributed by atoms with van der Waals surface area (Å²) in [6, 6.07) is 13.0. The Morgan fingerprint density at radius 2 is 1.69 bits per heavy atom. The molecule has 26 heavy (non-hydrogen) atoms. The molecule has 0 heterocycles. The monoisotopic (exact) mass is 366 g/mol. The molecule has 0 radical (unpaired) electrons. The second kappa shape index (κ2) is 8.37. The molecule has 0 aliphatic rings. The number of hydrogen-bond acceptors (Lipinski definition) is 3. The van der Waals surface area contributed by atoms with Gasteiger partial charge in [-0.05, 0) is 29.8 Å². The Morgan fingerprint density at radius 3 is 2.31 bits per heavy atom. The number of alkyl halides is 3. The van der Waals surface area contributed by atoms with Crippen molar-refractivity contribution in [3.05, 3.63) is 59.7 Å². The highest BCUT2D eigenvalue weighted by Gasteiger charge is 2.27. The Morgan fingerprint density at radius 1 is 1.04 bits per heavy atom. The van der Waals surface area contributed by atoms with Gasteiger partial charge < -0.3 is 15.4 Å². The largest absolute Gasteiger partial charge is 0.496 e. The number of carbonyl (C=O) groups excluding carboxylic acids is 2. The highest BCUT2D eigenvalue weighted by atomic mass is 19.4. The zero-order valence-corrected chi connectivity index (χ0v) is 13.9. The molecule has 0 fully saturated rings. The Kier molecular flexibility index (Phi) is 6.21. The molecule has 2 N–H and O–H groups in total. The maximum Gasteiger partial charge on any atom is 0.405 e. The molecule has 0 aliphatic heterocycles. The first-order valence-corrected chi connectivity index (χ1v) is 7.65. The maximum absolute atomic E-state index is 12.3. The number of rotatable bonds is 6. The van der Waals surface area contributed by atoms with Crippen LogP contribution in [0.15, 0.2) is 48.5 Å². The van der Waals surface area contributed by atoms with Crippen LogP contribution in [0.25, 0.3) is 0 Å². The van der Waals surface area contributed by atoms with Crippen LogP contribution in [0.4, 0.5) is 18.9 Å². The minimum Gasteiger partial charge on any atom is -0.496 e. The first-order chi connectivity index (χ1) is 12.3. The molecule has 2 rings (SSSR count). The summed E-state index contributed by atoms with van der Waals surface area (Å²) < 4.78 is 41.3. The molecule has 0 saturated heterocycles. The van der Waals surface area contributed by atoms with Gasteiger partial charge in [0.05, 0.1) is 19.1 Å². The standard InChI is InChI=1S/C18H17F3N2O3/c1-26-15-5-3-2-4-14(15)17(25)23-13-8-6-12(7-9-13)10-16(24)22-11-18(19,20)21/h2-9H,10-11H2,1H3,(H,22,24)(H,23,25). The van der Waals surface area contributed by atoms with Crippen LogP contribution in [0, 0.1) is 0 Å². The number of ether oxygens (including phenoxy) is 1. The van der Waals surface area contributed by atoms with Crippen LogP contribution < -0.4 is 15.4 Å². The number of hydrogen-bond donors (Lipinski definition) is 2. The number of methoxy groups -OCH3 is 1. The second-order valence-corrected chi connectivity index (χ2v) is 5.42. The molecule has 0 atom stereocenters. The fourth-order valence-electron chi connectivity index (χ4n) is 2.18. The summed E-state index contributed by atoms with van der Waals surface area (Å²) in [5.41, 5.74) is 1.38. The normalized spacial score (nSPS) is 10.9. The van der Waals surface area contributed by atoms with E-state index in [1.165, 1.54) is 7.11 Å². The minimum absolute atomic E-state index is 0.184. The van der Waals surface area contributed by atoms with E-state index in [1.807, 2.05) is 0 Å². The van der Waals surface area contributed by atoms with Crippen LogP contribution in [0.3, 0.4) is 0 Å². The van der Waals surface area contributed by atoms with Crippen molar-refractivity contribution in [1.82, 2.24) is 5.32 Å². The Hall–Kier alpha value is -3.03. The van der Waals surface area contributed by atoms with Crippen LogP contribution in [-0.4, -0.2) is 31.6 Å². The SMILES string of the molecule is COc1ccccc1C(=O)Nc1ccc(CC(=O)NCC(F)(F)F)cc1. The molecule has 8 heteroatoms. The lowest BCUT2D eigenvalue weighted by Crippen LogP contribution is -2.34. The van der Waals surface area contributed by atoms with Crippen LogP contribution in [0.1, 0.15) is 15.9 Å². The van der Waals surface area contributed by atoms with Gasteiger partial charge in [-0.25, -0.2) is 0 Å². The number of amides is 2. The van der Waals surface area contributed by atoms with Crippen molar-refractivity contribution < 1.29 is 27.5 Å². The van der Waals surface area contributed by atoms with Crippen LogP contribution in [0.5, 0.6) is 5.75 Å². The van der Waals surface area contributed by atoms with E-state index in [4.69, 9.17) is 4.74 Å². The van der Waals surface area contributed by atoms with Gasteiger partial charge in [-0.15, -0.1) is 0 Å². The zero-order valence-electron chi connectivity index (χ0n) is 13.9. The lowest BCUT2D eigenvalue weighted by atomic mass is 10.1. The predicted molar refractivity (Wildman–Crippen MR) is 90.2 cm³/mol. The Labute approximate surface area is 148 Å². The summed E-state index contributed by atoms with van der Waals surface area (Å²) in [6.45, 7) is -1.36. The first kappa shape index (κ1) is 19.3. The highest BCUT2D eigenvalue weighted by Crippen LogP contribution is 2.19. The van der Waals surface area contributed by atoms with E-state index < -0.39 is 18.6 Å². The number of benzene rings is 2. The lowest BCUT2D eigenvalue weighted by molar-refractivity contribution is -0.138. The van der Waals surface area contributed by atoms with E-state index in [-0.39, 0.29) is 12.3 Å². The van der Waals surface area contributed by atoms with Crippen molar-refractivity contribution in [3.63, 3.8) is 0 Å². The summed E-state index contributed by atoms with van der Waals surface area (Å²) in [4.78, 5) is 23.8. The van der Waals surface area contributed by atoms with E-state index in [1.54, 1.807) is 53.8 Å². The molecule has 2 amide bonds. The number of para-hydroxylation sites is 1. The number of halogens is 3. The van der Waals surface area contributed by atoms with Gasteiger partial charge in [0.1, 0.15) is 12.3 Å². The van der Waals surface area contributed by atoms with Gasteiger partial charge in [-0.3, -0.25) is 9.59 Å². The average Bonchev–Trinajstić information content (AvgIpc) is 2.61. The third-order valence-electron chi connectivity index (χ3n) is 3.41. The second-order valence-electron chi connectivity index (χ2n) is 5.42. The molecule has 2 aromatic rings. The quantitative estimate of drug-likeness (QED) is 0.825. The third-order valence-corrected chi connectivity index (χ3v) is 3.41. The van der Waals surface area contributed by atoms with E-state index in [0.717, 1.165) is 0 Å². The lowest BCUT2D eigenvalue weighted by Gasteiger charge is -2.10. The average molecular weight is 366 g/mol. The molecular formula is C18H17F3N2O3. The maximum atomic E-state index is 12.3. The number of carbonyl (C=O) groups is 2. The summed E-state index contributed by atoms with van der Waals surface area (Å²) in [5.74, 6) is -0.658. The van der Waals surface area contributed by atoms with E-state index in [9.17, 15) is 22.8 Å². The van der Waals surface area contributed by atoms with Gasteiger partial charge in [0.25, 0.3) is 5.91 Å². The van der Waals surface area contributed by atoms with Crippen LogP contribution >= 0.6 is 0 Å². The van der Waals surface area contributed by atoms with Crippen molar-refractivity contribution in [2.75, 3.05) is 19.0 Å². The van der Waals surface area contributed by atoms with Crippen molar-refractivity contribution in [1.29, 1.82) is 0 Å². The predicted octanol–water partition coefficient (Wildman–Crippen LogP) is 3.17. The van der Waals surface area contributed by atoms with Gasteiger partial charge in [-0.1, -0.05) is 24.3 Å². The van der Waals surface area contributed by atoms with Gasteiger partial charge in [0.2, 0.25) is 5.91 Å². The van der Waals surface area contributed by atoms with Crippen molar-refractivity contribution in [2.24, 2.45) is 0 Å². The van der Waals surface area contributed by atoms with E-state index in [2.05, 4.69) is 5.32 Å². The Bertz CT molecular complexity index is 774. The molecule has 0 aromatic heterocycles. The fourth-order valence-corrected chi connectivity index (χ4v) is 2.18. The van der Waals surface area contributed by atoms with E-state index in [0.29, 0.717) is 22.6 Å². The molecule has 0 aliphatic carbocycles. The topological polar surface area (TPSA) is 67.4 Å². The molecule has 5 nitrogen and oxygen atoms in total. The smallest absolute Gasteiger partial charge is 0.405 e. The summed E-state index contributed by atoms with van der Waals surface area (Å²) in [7, 11) is 1.46. The zero-order chi connectivity index (χ0) is 19.2. The Balaban J connectivity index is 1.95. The van der Waals surface area contributed by atoms with Crippen LogP contribution in [0.2, 0.25) is 0 Å². The molecule has 0 unspecified atom stereocenters. The van der Waals surface area contributed by atoms with Gasteiger partial charge in [0.15, 0.2) is 0 Å². The number of nitrogens with one attached hydrogen (secondary N) is 2. The number of anilines is 1. The molecule has 0 spiro atoms. The van der Waals surface area contributed by atoms with Crippen molar-refractivity contribution in [3.8, 4) is 5.75 Å². The highest BCUT2D eigenvalue weighted by molar-refractivity contribution is 6.06. The first-order valence-electron chi connectivity index (χ1n) is 7.65. The van der Waals surface area contributed by atoms with Crippen molar-refractivity contribution in [2.45, 2.75) is 12.6 Å². The van der Waals surface area contributed by atoms with E-state index >= 15 is 0 Å². The van der Waals surface area contributed by atoms with Gasteiger partial charge in [-0.2, -0.15) is 13.2 Å². The van der Waals surface area contributed by atoms with Gasteiger partial charge >= 0.3 is 6.18 Å². The molecule has 0 saturated carbocycles. The summed E-state index contributed by atoms with van der Waals surface area (Å²) in [6.07, 6.45) is -4.63. The molecule has 0 bridgehead atoms. The van der Waals surface area contributed by atoms with Crippen LogP contribution in [-0.2, 0) is 11.2 Å². The van der Waals surface area contributed by atoms with Crippen molar-refractivity contribution >= 4 is 17.5 Å². The molecular weight excluding hydrogens is 349 g/mol. The summed E-state index contributed by atoms with van der Waals surface area (Å²) >= 11 is 0. The minimum atomic E-state index is -4.44. The third kappa shape index (κ3) is 5.80.